The van der Waals surface area contributed by atoms with Gasteiger partial charge in [-0.1, -0.05) is 19.1 Å². The SMILES string of the molecule is CCNS(=O)(=O)c1ccc(F)c(C(=O)N(CC)Cc2cccc3c2OCCO3)c1. The number of rotatable bonds is 7. The van der Waals surface area contributed by atoms with Gasteiger partial charge in [-0.05, 0) is 31.2 Å². The van der Waals surface area contributed by atoms with Crippen LogP contribution >= 0.6 is 0 Å². The standard InChI is InChI=1S/C20H23FN2O5S/c1-3-22-29(25,26)15-8-9-17(21)16(12-15)20(24)23(4-2)13-14-6-5-7-18-19(14)28-11-10-27-18/h5-9,12,22H,3-4,10-11,13H2,1-2H3. The average molecular weight is 422 g/mol. The number of hydrogen-bond acceptors (Lipinski definition) is 5. The second kappa shape index (κ2) is 8.79. The predicted octanol–water partition coefficient (Wildman–Crippen LogP) is 2.56. The van der Waals surface area contributed by atoms with E-state index in [4.69, 9.17) is 9.47 Å². The van der Waals surface area contributed by atoms with Crippen LogP contribution in [0.15, 0.2) is 41.3 Å². The van der Waals surface area contributed by atoms with Crippen molar-refractivity contribution >= 4 is 15.9 Å². The Kier molecular flexibility index (Phi) is 6.39. The summed E-state index contributed by atoms with van der Waals surface area (Å²) in [7, 11) is -3.81. The van der Waals surface area contributed by atoms with Crippen LogP contribution in [0, 0.1) is 5.82 Å². The van der Waals surface area contributed by atoms with Crippen LogP contribution in [-0.2, 0) is 16.6 Å². The molecule has 29 heavy (non-hydrogen) atoms. The summed E-state index contributed by atoms with van der Waals surface area (Å²) in [4.78, 5) is 14.3. The molecule has 1 aliphatic heterocycles. The molecule has 1 amide bonds. The number of fused-ring (bicyclic) bond motifs is 1. The van der Waals surface area contributed by atoms with Gasteiger partial charge in [-0.25, -0.2) is 17.5 Å². The molecule has 2 aromatic rings. The van der Waals surface area contributed by atoms with Gasteiger partial charge in [0.1, 0.15) is 19.0 Å². The zero-order valence-electron chi connectivity index (χ0n) is 16.3. The normalized spacial score (nSPS) is 13.2. The average Bonchev–Trinajstić information content (AvgIpc) is 2.71. The summed E-state index contributed by atoms with van der Waals surface area (Å²) >= 11 is 0. The van der Waals surface area contributed by atoms with Crippen LogP contribution in [-0.4, -0.2) is 45.5 Å². The van der Waals surface area contributed by atoms with Crippen LogP contribution in [0.5, 0.6) is 11.5 Å². The molecule has 1 aliphatic rings. The molecular formula is C20H23FN2O5S. The van der Waals surface area contributed by atoms with Crippen molar-refractivity contribution in [3.63, 3.8) is 0 Å². The first-order chi connectivity index (χ1) is 13.9. The monoisotopic (exact) mass is 422 g/mol. The Labute approximate surface area is 169 Å². The van der Waals surface area contributed by atoms with E-state index in [1.165, 1.54) is 4.90 Å². The largest absolute Gasteiger partial charge is 0.486 e. The predicted molar refractivity (Wildman–Crippen MR) is 105 cm³/mol. The van der Waals surface area contributed by atoms with Crippen molar-refractivity contribution in [1.82, 2.24) is 9.62 Å². The summed E-state index contributed by atoms with van der Waals surface area (Å²) in [5, 5.41) is 0. The lowest BCUT2D eigenvalue weighted by atomic mass is 10.1. The van der Waals surface area contributed by atoms with Gasteiger partial charge in [-0.15, -0.1) is 0 Å². The summed E-state index contributed by atoms with van der Waals surface area (Å²) < 4.78 is 52.4. The highest BCUT2D eigenvalue weighted by Gasteiger charge is 2.24. The van der Waals surface area contributed by atoms with Gasteiger partial charge in [0.15, 0.2) is 11.5 Å². The topological polar surface area (TPSA) is 84.9 Å². The maximum atomic E-state index is 14.4. The number of hydrogen-bond donors (Lipinski definition) is 1. The maximum absolute atomic E-state index is 14.4. The van der Waals surface area contributed by atoms with Crippen molar-refractivity contribution in [2.75, 3.05) is 26.3 Å². The summed E-state index contributed by atoms with van der Waals surface area (Å²) in [6, 6.07) is 8.59. The Hall–Kier alpha value is -2.65. The molecule has 156 valence electrons. The van der Waals surface area contributed by atoms with Crippen molar-refractivity contribution in [2.24, 2.45) is 0 Å². The Morgan fingerprint density at radius 2 is 1.93 bits per heavy atom. The second-order valence-corrected chi connectivity index (χ2v) is 8.17. The van der Waals surface area contributed by atoms with Crippen LogP contribution in [0.25, 0.3) is 0 Å². The van der Waals surface area contributed by atoms with E-state index in [0.29, 0.717) is 31.3 Å². The van der Waals surface area contributed by atoms with E-state index < -0.39 is 21.7 Å². The summed E-state index contributed by atoms with van der Waals surface area (Å²) in [6.45, 7) is 4.91. The van der Waals surface area contributed by atoms with E-state index in [0.717, 1.165) is 23.8 Å². The van der Waals surface area contributed by atoms with Gasteiger partial charge in [0.2, 0.25) is 10.0 Å². The number of carbonyl (C=O) groups excluding carboxylic acids is 1. The van der Waals surface area contributed by atoms with Gasteiger partial charge in [0.25, 0.3) is 5.91 Å². The van der Waals surface area contributed by atoms with Gasteiger partial charge in [-0.3, -0.25) is 4.79 Å². The molecule has 2 aromatic carbocycles. The molecule has 0 unspecified atom stereocenters. The lowest BCUT2D eigenvalue weighted by molar-refractivity contribution is 0.0744. The van der Waals surface area contributed by atoms with Gasteiger partial charge < -0.3 is 14.4 Å². The molecule has 0 bridgehead atoms. The van der Waals surface area contributed by atoms with Gasteiger partial charge in [-0.2, -0.15) is 0 Å². The first kappa shape index (κ1) is 21.1. The van der Waals surface area contributed by atoms with E-state index in [1.54, 1.807) is 26.0 Å². The molecule has 3 rings (SSSR count). The third kappa shape index (κ3) is 4.51. The molecule has 0 fully saturated rings. The molecular weight excluding hydrogens is 399 g/mol. The van der Waals surface area contributed by atoms with E-state index in [9.17, 15) is 17.6 Å². The summed E-state index contributed by atoms with van der Waals surface area (Å²) in [6.07, 6.45) is 0. The van der Waals surface area contributed by atoms with E-state index >= 15 is 0 Å². The lowest BCUT2D eigenvalue weighted by Crippen LogP contribution is -2.32. The third-order valence-electron chi connectivity index (χ3n) is 4.49. The number of para-hydroxylation sites is 1. The molecule has 0 atom stereocenters. The van der Waals surface area contributed by atoms with Gasteiger partial charge >= 0.3 is 0 Å². The second-order valence-electron chi connectivity index (χ2n) is 6.40. The van der Waals surface area contributed by atoms with Crippen molar-refractivity contribution < 1.29 is 27.1 Å². The Morgan fingerprint density at radius 3 is 2.66 bits per heavy atom. The fourth-order valence-electron chi connectivity index (χ4n) is 3.07. The molecule has 0 spiro atoms. The molecule has 7 nitrogen and oxygen atoms in total. The zero-order chi connectivity index (χ0) is 21.0. The number of carbonyl (C=O) groups is 1. The van der Waals surface area contributed by atoms with E-state index in [2.05, 4.69) is 4.72 Å². The van der Waals surface area contributed by atoms with Crippen molar-refractivity contribution in [2.45, 2.75) is 25.3 Å². The summed E-state index contributed by atoms with van der Waals surface area (Å²) in [5.74, 6) is -0.220. The molecule has 1 heterocycles. The zero-order valence-corrected chi connectivity index (χ0v) is 17.1. The Morgan fingerprint density at radius 1 is 1.17 bits per heavy atom. The number of benzene rings is 2. The highest BCUT2D eigenvalue weighted by molar-refractivity contribution is 7.89. The van der Waals surface area contributed by atoms with Crippen LogP contribution in [0.4, 0.5) is 4.39 Å². The van der Waals surface area contributed by atoms with Crippen LogP contribution < -0.4 is 14.2 Å². The van der Waals surface area contributed by atoms with Crippen molar-refractivity contribution in [3.8, 4) is 11.5 Å². The quantitative estimate of drug-likeness (QED) is 0.741. The Bertz CT molecular complexity index is 1010. The fourth-order valence-corrected chi connectivity index (χ4v) is 4.14. The minimum atomic E-state index is -3.81. The molecule has 0 saturated heterocycles. The molecule has 0 aromatic heterocycles. The number of ether oxygens (including phenoxy) is 2. The number of amides is 1. The molecule has 1 N–H and O–H groups in total. The van der Waals surface area contributed by atoms with E-state index in [1.807, 2.05) is 6.07 Å². The lowest BCUT2D eigenvalue weighted by Gasteiger charge is -2.25. The van der Waals surface area contributed by atoms with Gasteiger partial charge in [0.05, 0.1) is 10.5 Å². The van der Waals surface area contributed by atoms with E-state index in [-0.39, 0.29) is 23.5 Å². The number of halogens is 1. The first-order valence-corrected chi connectivity index (χ1v) is 10.8. The highest BCUT2D eigenvalue weighted by atomic mass is 32.2. The fraction of sp³-hybridized carbons (Fsp3) is 0.350. The number of nitrogens with zero attached hydrogens (tertiary/aromatic N) is 1. The third-order valence-corrected chi connectivity index (χ3v) is 6.03. The minimum absolute atomic E-state index is 0.158. The van der Waals surface area contributed by atoms with Crippen LogP contribution in [0.3, 0.4) is 0 Å². The summed E-state index contributed by atoms with van der Waals surface area (Å²) in [5.41, 5.74) is 0.432. The highest BCUT2D eigenvalue weighted by Crippen LogP contribution is 2.34. The molecule has 0 aliphatic carbocycles. The molecule has 0 radical (unpaired) electrons. The van der Waals surface area contributed by atoms with Crippen LogP contribution in [0.2, 0.25) is 0 Å². The number of sulfonamides is 1. The molecule has 9 heteroatoms. The minimum Gasteiger partial charge on any atom is -0.486 e. The van der Waals surface area contributed by atoms with Crippen molar-refractivity contribution in [3.05, 3.63) is 53.3 Å². The smallest absolute Gasteiger partial charge is 0.257 e. The first-order valence-electron chi connectivity index (χ1n) is 9.33. The Balaban J connectivity index is 1.91. The number of nitrogens with one attached hydrogen (secondary N) is 1. The van der Waals surface area contributed by atoms with Crippen molar-refractivity contribution in [1.29, 1.82) is 0 Å². The maximum Gasteiger partial charge on any atom is 0.257 e. The molecule has 0 saturated carbocycles. The van der Waals surface area contributed by atoms with Gasteiger partial charge in [0, 0.05) is 25.2 Å². The van der Waals surface area contributed by atoms with Crippen LogP contribution in [0.1, 0.15) is 29.8 Å².